The predicted octanol–water partition coefficient (Wildman–Crippen LogP) is 5.08. The molecule has 2 heterocycles. The van der Waals surface area contributed by atoms with Gasteiger partial charge >= 0.3 is 6.03 Å². The van der Waals surface area contributed by atoms with Crippen LogP contribution in [-0.4, -0.2) is 52.9 Å². The molecule has 0 spiro atoms. The first kappa shape index (κ1) is 22.9. The van der Waals surface area contributed by atoms with E-state index in [-0.39, 0.29) is 11.9 Å². The van der Waals surface area contributed by atoms with Crippen LogP contribution in [0.15, 0.2) is 65.2 Å². The van der Waals surface area contributed by atoms with Crippen molar-refractivity contribution in [2.45, 2.75) is 25.7 Å². The van der Waals surface area contributed by atoms with Crippen LogP contribution < -0.4 is 5.32 Å². The summed E-state index contributed by atoms with van der Waals surface area (Å²) in [6.45, 7) is 2.30. The number of aryl methyl sites for hydroxylation is 1. The second kappa shape index (κ2) is 11.0. The minimum atomic E-state index is -0.162. The number of rotatable bonds is 6. The van der Waals surface area contributed by atoms with E-state index in [4.69, 9.17) is 16.0 Å². The summed E-state index contributed by atoms with van der Waals surface area (Å²) in [6.07, 6.45) is 4.19. The quantitative estimate of drug-likeness (QED) is 0.549. The molecule has 1 aliphatic rings. The Balaban J connectivity index is 1.21. The van der Waals surface area contributed by atoms with Gasteiger partial charge in [-0.2, -0.15) is 0 Å². The molecule has 0 bridgehead atoms. The Morgan fingerprint density at radius 1 is 0.970 bits per heavy atom. The van der Waals surface area contributed by atoms with E-state index in [1.807, 2.05) is 35.2 Å². The van der Waals surface area contributed by atoms with E-state index in [0.29, 0.717) is 62.0 Å². The van der Waals surface area contributed by atoms with Gasteiger partial charge in [-0.1, -0.05) is 41.9 Å². The zero-order valence-electron chi connectivity index (χ0n) is 18.4. The fraction of sp³-hybridized carbons (Fsp3) is 0.320. The lowest BCUT2D eigenvalue weighted by molar-refractivity contribution is -0.131. The van der Waals surface area contributed by atoms with Gasteiger partial charge in [0, 0.05) is 55.3 Å². The molecule has 8 heteroatoms. The monoisotopic (exact) mass is 466 g/mol. The van der Waals surface area contributed by atoms with Crippen molar-refractivity contribution in [3.05, 3.63) is 71.7 Å². The highest BCUT2D eigenvalue weighted by atomic mass is 35.5. The Bertz CT molecular complexity index is 1070. The van der Waals surface area contributed by atoms with Crippen LogP contribution in [0, 0.1) is 0 Å². The molecule has 1 N–H and O–H groups in total. The first-order valence-corrected chi connectivity index (χ1v) is 11.6. The summed E-state index contributed by atoms with van der Waals surface area (Å²) in [5.74, 6) is 1.48. The number of halogens is 1. The normalized spacial score (nSPS) is 14.1. The summed E-state index contributed by atoms with van der Waals surface area (Å²) >= 11 is 5.89. The van der Waals surface area contributed by atoms with Crippen molar-refractivity contribution in [2.75, 3.05) is 31.5 Å². The highest BCUT2D eigenvalue weighted by Crippen LogP contribution is 2.21. The van der Waals surface area contributed by atoms with Gasteiger partial charge in [-0.25, -0.2) is 9.78 Å². The molecule has 172 valence electrons. The molecule has 33 heavy (non-hydrogen) atoms. The van der Waals surface area contributed by atoms with Gasteiger partial charge < -0.3 is 19.5 Å². The maximum Gasteiger partial charge on any atom is 0.321 e. The third-order valence-electron chi connectivity index (χ3n) is 5.62. The maximum absolute atomic E-state index is 12.7. The van der Waals surface area contributed by atoms with E-state index < -0.39 is 0 Å². The lowest BCUT2D eigenvalue weighted by Gasteiger charge is -2.22. The first-order chi connectivity index (χ1) is 16.1. The number of carbonyl (C=O) groups is 2. The highest BCUT2D eigenvalue weighted by molar-refractivity contribution is 6.30. The molecule has 0 saturated carbocycles. The number of benzene rings is 2. The van der Waals surface area contributed by atoms with Gasteiger partial charge in [0.05, 0.1) is 6.20 Å². The largest absolute Gasteiger partial charge is 0.441 e. The van der Waals surface area contributed by atoms with Gasteiger partial charge in [0.15, 0.2) is 11.7 Å². The number of amides is 3. The molecule has 3 amide bonds. The Hall–Kier alpha value is -3.32. The van der Waals surface area contributed by atoms with E-state index in [0.717, 1.165) is 17.7 Å². The van der Waals surface area contributed by atoms with Crippen molar-refractivity contribution >= 4 is 29.2 Å². The lowest BCUT2D eigenvalue weighted by atomic mass is 10.2. The Morgan fingerprint density at radius 3 is 2.48 bits per heavy atom. The zero-order chi connectivity index (χ0) is 23.0. The van der Waals surface area contributed by atoms with Gasteiger partial charge in [-0.05, 0) is 37.1 Å². The molecule has 2 aromatic carbocycles. The van der Waals surface area contributed by atoms with Crippen molar-refractivity contribution in [2.24, 2.45) is 0 Å². The molecule has 0 radical (unpaired) electrons. The zero-order valence-corrected chi connectivity index (χ0v) is 19.1. The summed E-state index contributed by atoms with van der Waals surface area (Å²) in [6, 6.07) is 16.7. The van der Waals surface area contributed by atoms with Gasteiger partial charge in [-0.3, -0.25) is 4.79 Å². The van der Waals surface area contributed by atoms with E-state index in [1.165, 1.54) is 0 Å². The van der Waals surface area contributed by atoms with Gasteiger partial charge in [0.2, 0.25) is 5.91 Å². The minimum Gasteiger partial charge on any atom is -0.441 e. The number of anilines is 1. The number of nitrogens with zero attached hydrogens (tertiary/aromatic N) is 3. The third-order valence-corrected chi connectivity index (χ3v) is 5.88. The molecule has 0 unspecified atom stereocenters. The standard InChI is InChI=1S/C25H27ClN4O3/c26-20-10-12-21(13-11-20)28-25(32)30-15-5-14-29(16-17-30)24(31)9-4-8-23-27-18-22(33-23)19-6-2-1-3-7-19/h1-3,6-7,10-13,18H,4-5,8-9,14-17H2,(H,28,32). The number of oxazole rings is 1. The Labute approximate surface area is 198 Å². The number of aromatic nitrogens is 1. The van der Waals surface area contributed by atoms with E-state index in [2.05, 4.69) is 10.3 Å². The van der Waals surface area contributed by atoms with Crippen LogP contribution in [0.1, 0.15) is 25.2 Å². The highest BCUT2D eigenvalue weighted by Gasteiger charge is 2.22. The van der Waals surface area contributed by atoms with Crippen LogP contribution in [0.5, 0.6) is 0 Å². The number of urea groups is 1. The van der Waals surface area contributed by atoms with Crippen molar-refractivity contribution in [3.8, 4) is 11.3 Å². The molecular formula is C25H27ClN4O3. The van der Waals surface area contributed by atoms with Gasteiger partial charge in [0.25, 0.3) is 0 Å². The SMILES string of the molecule is O=C(CCCc1ncc(-c2ccccc2)o1)N1CCCN(C(=O)Nc2ccc(Cl)cc2)CC1. The van der Waals surface area contributed by atoms with E-state index >= 15 is 0 Å². The second-order valence-corrected chi connectivity index (χ2v) is 8.43. The van der Waals surface area contributed by atoms with Crippen molar-refractivity contribution in [3.63, 3.8) is 0 Å². The lowest BCUT2D eigenvalue weighted by Crippen LogP contribution is -2.39. The molecule has 3 aromatic rings. The van der Waals surface area contributed by atoms with Crippen LogP contribution in [-0.2, 0) is 11.2 Å². The van der Waals surface area contributed by atoms with E-state index in [9.17, 15) is 9.59 Å². The molecule has 1 saturated heterocycles. The molecule has 0 aliphatic carbocycles. The molecule has 1 aromatic heterocycles. The summed E-state index contributed by atoms with van der Waals surface area (Å²) in [5, 5.41) is 3.51. The number of hydrogen-bond acceptors (Lipinski definition) is 4. The fourth-order valence-electron chi connectivity index (χ4n) is 3.82. The number of hydrogen-bond donors (Lipinski definition) is 1. The van der Waals surface area contributed by atoms with Crippen LogP contribution in [0.3, 0.4) is 0 Å². The van der Waals surface area contributed by atoms with Crippen LogP contribution in [0.2, 0.25) is 5.02 Å². The summed E-state index contributed by atoms with van der Waals surface area (Å²) in [5.41, 5.74) is 1.69. The molecular weight excluding hydrogens is 440 g/mol. The average molecular weight is 467 g/mol. The van der Waals surface area contributed by atoms with Gasteiger partial charge in [-0.15, -0.1) is 0 Å². The predicted molar refractivity (Wildman–Crippen MR) is 128 cm³/mol. The number of carbonyl (C=O) groups excluding carboxylic acids is 2. The van der Waals surface area contributed by atoms with Crippen LogP contribution >= 0.6 is 11.6 Å². The van der Waals surface area contributed by atoms with Crippen LogP contribution in [0.4, 0.5) is 10.5 Å². The minimum absolute atomic E-state index is 0.102. The molecule has 1 fully saturated rings. The fourth-order valence-corrected chi connectivity index (χ4v) is 3.94. The molecule has 7 nitrogen and oxygen atoms in total. The number of nitrogens with one attached hydrogen (secondary N) is 1. The summed E-state index contributed by atoms with van der Waals surface area (Å²) in [4.78, 5) is 33.2. The molecule has 1 aliphatic heterocycles. The summed E-state index contributed by atoms with van der Waals surface area (Å²) < 4.78 is 5.82. The topological polar surface area (TPSA) is 78.7 Å². The van der Waals surface area contributed by atoms with E-state index in [1.54, 1.807) is 35.4 Å². The first-order valence-electron chi connectivity index (χ1n) is 11.2. The average Bonchev–Trinajstić information content (AvgIpc) is 3.16. The van der Waals surface area contributed by atoms with Crippen molar-refractivity contribution in [1.29, 1.82) is 0 Å². The smallest absolute Gasteiger partial charge is 0.321 e. The van der Waals surface area contributed by atoms with Gasteiger partial charge in [0.1, 0.15) is 0 Å². The van der Waals surface area contributed by atoms with Crippen molar-refractivity contribution in [1.82, 2.24) is 14.8 Å². The third kappa shape index (κ3) is 6.35. The Kier molecular flexibility index (Phi) is 7.62. The molecule has 0 atom stereocenters. The van der Waals surface area contributed by atoms with Crippen LogP contribution in [0.25, 0.3) is 11.3 Å². The Morgan fingerprint density at radius 2 is 1.70 bits per heavy atom. The molecule has 4 rings (SSSR count). The second-order valence-electron chi connectivity index (χ2n) is 8.00. The van der Waals surface area contributed by atoms with Crippen molar-refractivity contribution < 1.29 is 14.0 Å². The summed E-state index contributed by atoms with van der Waals surface area (Å²) in [7, 11) is 0. The maximum atomic E-state index is 12.7.